The fourth-order valence-electron chi connectivity index (χ4n) is 2.39. The van der Waals surface area contributed by atoms with Gasteiger partial charge in [0.15, 0.2) is 0 Å². The first-order chi connectivity index (χ1) is 8.79. The number of nitrogens with one attached hydrogen (secondary N) is 1. The third-order valence-corrected chi connectivity index (χ3v) is 3.67. The van der Waals surface area contributed by atoms with Gasteiger partial charge in [0, 0.05) is 25.8 Å². The van der Waals surface area contributed by atoms with E-state index in [1.807, 2.05) is 6.20 Å². The van der Waals surface area contributed by atoms with Gasteiger partial charge in [0.05, 0.1) is 0 Å². The third kappa shape index (κ3) is 3.70. The second-order valence-corrected chi connectivity index (χ2v) is 5.37. The first-order valence-electron chi connectivity index (χ1n) is 7.20. The van der Waals surface area contributed by atoms with E-state index in [4.69, 9.17) is 0 Å². The van der Waals surface area contributed by atoms with Gasteiger partial charge in [-0.3, -0.25) is 0 Å². The van der Waals surface area contributed by atoms with E-state index in [2.05, 4.69) is 41.2 Å². The quantitative estimate of drug-likeness (QED) is 0.811. The van der Waals surface area contributed by atoms with Gasteiger partial charge in [-0.1, -0.05) is 13.8 Å². The van der Waals surface area contributed by atoms with Crippen LogP contribution in [-0.2, 0) is 6.54 Å². The van der Waals surface area contributed by atoms with Crippen molar-refractivity contribution < 1.29 is 0 Å². The van der Waals surface area contributed by atoms with Crippen molar-refractivity contribution in [3.63, 3.8) is 0 Å². The summed E-state index contributed by atoms with van der Waals surface area (Å²) in [5, 5.41) is 3.44. The second kappa shape index (κ2) is 6.74. The summed E-state index contributed by atoms with van der Waals surface area (Å²) in [6, 6.07) is 4.34. The Bertz CT molecular complexity index is 357. The zero-order valence-electron chi connectivity index (χ0n) is 11.7. The predicted octanol–water partition coefficient (Wildman–Crippen LogP) is 2.82. The van der Waals surface area contributed by atoms with E-state index in [1.165, 1.54) is 24.8 Å². The summed E-state index contributed by atoms with van der Waals surface area (Å²) < 4.78 is 0. The molecule has 1 saturated heterocycles. The molecule has 3 heteroatoms. The highest BCUT2D eigenvalue weighted by molar-refractivity contribution is 5.41. The van der Waals surface area contributed by atoms with Gasteiger partial charge in [0.25, 0.3) is 0 Å². The molecule has 18 heavy (non-hydrogen) atoms. The molecule has 1 N–H and O–H groups in total. The van der Waals surface area contributed by atoms with Crippen LogP contribution in [0, 0.1) is 5.92 Å². The smallest absolute Gasteiger partial charge is 0.128 e. The third-order valence-electron chi connectivity index (χ3n) is 3.67. The standard InChI is InChI=1S/C15H25N3/c1-3-7-16-12-14-4-8-17-15(11-14)18-9-5-13(2)6-10-18/h4,8,11,13,16H,3,5-7,9-10,12H2,1-2H3. The number of hydrogen-bond donors (Lipinski definition) is 1. The second-order valence-electron chi connectivity index (χ2n) is 5.37. The predicted molar refractivity (Wildman–Crippen MR) is 76.8 cm³/mol. The maximum Gasteiger partial charge on any atom is 0.128 e. The topological polar surface area (TPSA) is 28.2 Å². The Morgan fingerprint density at radius 2 is 2.17 bits per heavy atom. The summed E-state index contributed by atoms with van der Waals surface area (Å²) in [5.74, 6) is 2.02. The average Bonchev–Trinajstić information content (AvgIpc) is 2.40. The molecule has 3 nitrogen and oxygen atoms in total. The zero-order valence-corrected chi connectivity index (χ0v) is 11.7. The van der Waals surface area contributed by atoms with E-state index < -0.39 is 0 Å². The summed E-state index contributed by atoms with van der Waals surface area (Å²) in [6.07, 6.45) is 5.71. The number of pyridine rings is 1. The molecule has 2 heterocycles. The lowest BCUT2D eigenvalue weighted by atomic mass is 9.99. The van der Waals surface area contributed by atoms with Crippen LogP contribution < -0.4 is 10.2 Å². The van der Waals surface area contributed by atoms with Gasteiger partial charge in [0.2, 0.25) is 0 Å². The van der Waals surface area contributed by atoms with E-state index in [-0.39, 0.29) is 0 Å². The summed E-state index contributed by atoms with van der Waals surface area (Å²) in [5.41, 5.74) is 1.34. The van der Waals surface area contributed by atoms with Gasteiger partial charge in [-0.15, -0.1) is 0 Å². The fraction of sp³-hybridized carbons (Fsp3) is 0.667. The molecule has 0 unspecified atom stereocenters. The highest BCUT2D eigenvalue weighted by Gasteiger charge is 2.16. The molecule has 0 saturated carbocycles. The minimum atomic E-state index is 0.871. The Morgan fingerprint density at radius 3 is 2.89 bits per heavy atom. The minimum Gasteiger partial charge on any atom is -0.357 e. The molecule has 0 spiro atoms. The van der Waals surface area contributed by atoms with Crippen LogP contribution in [0.2, 0.25) is 0 Å². The maximum absolute atomic E-state index is 4.51. The summed E-state index contributed by atoms with van der Waals surface area (Å²) in [7, 11) is 0. The van der Waals surface area contributed by atoms with Crippen LogP contribution in [0.1, 0.15) is 38.7 Å². The molecule has 0 radical (unpaired) electrons. The molecule has 0 atom stereocenters. The van der Waals surface area contributed by atoms with E-state index >= 15 is 0 Å². The van der Waals surface area contributed by atoms with Gasteiger partial charge < -0.3 is 10.2 Å². The molecule has 1 aliphatic rings. The number of nitrogens with zero attached hydrogens (tertiary/aromatic N) is 2. The zero-order chi connectivity index (χ0) is 12.8. The highest BCUT2D eigenvalue weighted by Crippen LogP contribution is 2.21. The van der Waals surface area contributed by atoms with Gasteiger partial charge in [-0.05, 0) is 49.4 Å². The van der Waals surface area contributed by atoms with Crippen LogP contribution in [0.5, 0.6) is 0 Å². The van der Waals surface area contributed by atoms with Crippen LogP contribution in [0.3, 0.4) is 0 Å². The maximum atomic E-state index is 4.51. The highest BCUT2D eigenvalue weighted by atomic mass is 15.2. The van der Waals surface area contributed by atoms with Crippen LogP contribution in [0.15, 0.2) is 18.3 Å². The molecule has 0 amide bonds. The minimum absolute atomic E-state index is 0.871. The van der Waals surface area contributed by atoms with Crippen LogP contribution in [0.4, 0.5) is 5.82 Å². The molecule has 1 aromatic heterocycles. The Hall–Kier alpha value is -1.09. The van der Waals surface area contributed by atoms with Crippen molar-refractivity contribution in [2.45, 2.75) is 39.7 Å². The summed E-state index contributed by atoms with van der Waals surface area (Å²) in [4.78, 5) is 6.93. The molecule has 100 valence electrons. The van der Waals surface area contributed by atoms with Crippen molar-refractivity contribution in [1.82, 2.24) is 10.3 Å². The number of anilines is 1. The largest absolute Gasteiger partial charge is 0.357 e. The Kier molecular flexibility index (Phi) is 5.00. The van der Waals surface area contributed by atoms with Crippen LogP contribution >= 0.6 is 0 Å². The van der Waals surface area contributed by atoms with Crippen molar-refractivity contribution in [1.29, 1.82) is 0 Å². The lowest BCUT2D eigenvalue weighted by Crippen LogP contribution is -2.33. The van der Waals surface area contributed by atoms with Crippen molar-refractivity contribution in [3.8, 4) is 0 Å². The average molecular weight is 247 g/mol. The Balaban J connectivity index is 1.94. The molecule has 0 aliphatic carbocycles. The van der Waals surface area contributed by atoms with E-state index in [0.717, 1.165) is 37.9 Å². The number of aromatic nitrogens is 1. The number of hydrogen-bond acceptors (Lipinski definition) is 3. The Morgan fingerprint density at radius 1 is 1.39 bits per heavy atom. The van der Waals surface area contributed by atoms with Gasteiger partial charge in [-0.25, -0.2) is 4.98 Å². The molecule has 1 fully saturated rings. The molecule has 1 aliphatic heterocycles. The molecular formula is C15H25N3. The first kappa shape index (κ1) is 13.3. The van der Waals surface area contributed by atoms with Gasteiger partial charge in [-0.2, -0.15) is 0 Å². The molecular weight excluding hydrogens is 222 g/mol. The molecule has 0 aromatic carbocycles. The van der Waals surface area contributed by atoms with Gasteiger partial charge in [0.1, 0.15) is 5.82 Å². The lowest BCUT2D eigenvalue weighted by molar-refractivity contribution is 0.436. The normalized spacial score (nSPS) is 17.1. The summed E-state index contributed by atoms with van der Waals surface area (Å²) in [6.45, 7) is 8.88. The van der Waals surface area contributed by atoms with Crippen molar-refractivity contribution in [2.75, 3.05) is 24.5 Å². The summed E-state index contributed by atoms with van der Waals surface area (Å²) >= 11 is 0. The number of rotatable bonds is 5. The molecule has 0 bridgehead atoms. The first-order valence-corrected chi connectivity index (χ1v) is 7.20. The van der Waals surface area contributed by atoms with Crippen LogP contribution in [-0.4, -0.2) is 24.6 Å². The monoisotopic (exact) mass is 247 g/mol. The van der Waals surface area contributed by atoms with Crippen molar-refractivity contribution in [2.24, 2.45) is 5.92 Å². The molecule has 2 rings (SSSR count). The van der Waals surface area contributed by atoms with E-state index in [1.54, 1.807) is 0 Å². The van der Waals surface area contributed by atoms with Gasteiger partial charge >= 0.3 is 0 Å². The van der Waals surface area contributed by atoms with Crippen molar-refractivity contribution >= 4 is 5.82 Å². The van der Waals surface area contributed by atoms with E-state index in [0.29, 0.717) is 0 Å². The SMILES string of the molecule is CCCNCc1ccnc(N2CCC(C)CC2)c1. The van der Waals surface area contributed by atoms with Crippen molar-refractivity contribution in [3.05, 3.63) is 23.9 Å². The molecule has 1 aromatic rings. The lowest BCUT2D eigenvalue weighted by Gasteiger charge is -2.31. The fourth-order valence-corrected chi connectivity index (χ4v) is 2.39. The van der Waals surface area contributed by atoms with E-state index in [9.17, 15) is 0 Å². The van der Waals surface area contributed by atoms with Crippen LogP contribution in [0.25, 0.3) is 0 Å². The number of piperidine rings is 1. The Labute approximate surface area is 111 Å².